The zero-order valence-electron chi connectivity index (χ0n) is 23.5. The second kappa shape index (κ2) is 11.6. The number of aryl methyl sites for hydroxylation is 1. The normalized spacial score (nSPS) is 26.3. The molecule has 0 saturated heterocycles. The van der Waals surface area contributed by atoms with E-state index in [1.807, 2.05) is 12.1 Å². The molecule has 1 heterocycles. The molecule has 2 aromatic rings. The lowest BCUT2D eigenvalue weighted by Gasteiger charge is -2.45. The van der Waals surface area contributed by atoms with Gasteiger partial charge in [0.05, 0.1) is 29.2 Å². The largest absolute Gasteiger partial charge is 0.490 e. The summed E-state index contributed by atoms with van der Waals surface area (Å²) >= 11 is 6.35. The number of hydrogen-bond acceptors (Lipinski definition) is 6. The molecule has 10 heteroatoms. The van der Waals surface area contributed by atoms with Gasteiger partial charge < -0.3 is 19.8 Å². The van der Waals surface area contributed by atoms with E-state index in [2.05, 4.69) is 11.0 Å². The third-order valence-electron chi connectivity index (χ3n) is 9.52. The van der Waals surface area contributed by atoms with Gasteiger partial charge in [-0.2, -0.15) is 0 Å². The number of anilines is 1. The first kappa shape index (κ1) is 29.9. The van der Waals surface area contributed by atoms with Gasteiger partial charge in [0.15, 0.2) is 0 Å². The molecule has 1 saturated carbocycles. The van der Waals surface area contributed by atoms with Crippen molar-refractivity contribution in [3.05, 3.63) is 70.3 Å². The maximum atomic E-state index is 11.9. The third kappa shape index (κ3) is 6.14. The molecule has 4 unspecified atom stereocenters. The Balaban J connectivity index is 1.42. The quantitative estimate of drug-likeness (QED) is 0.371. The van der Waals surface area contributed by atoms with Crippen LogP contribution in [0.15, 0.2) is 48.6 Å². The summed E-state index contributed by atoms with van der Waals surface area (Å²) in [7, 11) is -3.67. The van der Waals surface area contributed by atoms with Gasteiger partial charge in [0.2, 0.25) is 10.0 Å². The van der Waals surface area contributed by atoms with Crippen LogP contribution in [0.3, 0.4) is 0 Å². The number of aliphatic hydroxyl groups is 1. The Labute approximate surface area is 247 Å². The van der Waals surface area contributed by atoms with Crippen LogP contribution in [0.5, 0.6) is 5.75 Å². The highest BCUT2D eigenvalue weighted by atomic mass is 35.5. The van der Waals surface area contributed by atoms with Crippen LogP contribution < -0.4 is 14.8 Å². The molecule has 0 radical (unpaired) electrons. The fraction of sp³-hybridized carbons (Fsp3) is 0.516. The van der Waals surface area contributed by atoms with Gasteiger partial charge in [-0.3, -0.25) is 0 Å². The minimum atomic E-state index is -3.67. The highest BCUT2D eigenvalue weighted by Gasteiger charge is 2.44. The van der Waals surface area contributed by atoms with Crippen LogP contribution in [-0.2, 0) is 21.9 Å². The Bertz CT molecular complexity index is 1450. The van der Waals surface area contributed by atoms with E-state index in [1.54, 1.807) is 44.2 Å². The van der Waals surface area contributed by atoms with Crippen LogP contribution in [0.25, 0.3) is 0 Å². The number of fused-ring (bicyclic) bond motifs is 3. The van der Waals surface area contributed by atoms with Crippen molar-refractivity contribution in [1.29, 1.82) is 0 Å². The number of carboxylic acid groups (broad SMARTS) is 1. The van der Waals surface area contributed by atoms with Crippen molar-refractivity contribution in [2.45, 2.75) is 62.7 Å². The summed E-state index contributed by atoms with van der Waals surface area (Å²) in [5, 5.41) is 26.1. The van der Waals surface area contributed by atoms with E-state index in [1.165, 1.54) is 11.1 Å². The van der Waals surface area contributed by atoms with Gasteiger partial charge in [-0.25, -0.2) is 18.4 Å². The molecule has 1 fully saturated rings. The van der Waals surface area contributed by atoms with E-state index < -0.39 is 27.3 Å². The Morgan fingerprint density at radius 2 is 2.00 bits per heavy atom. The van der Waals surface area contributed by atoms with Crippen molar-refractivity contribution < 1.29 is 28.2 Å². The van der Waals surface area contributed by atoms with Gasteiger partial charge in [0.1, 0.15) is 5.75 Å². The van der Waals surface area contributed by atoms with Crippen molar-refractivity contribution in [3.63, 3.8) is 0 Å². The molecule has 2 aromatic carbocycles. The molecule has 0 aromatic heterocycles. The Kier molecular flexibility index (Phi) is 8.45. The van der Waals surface area contributed by atoms with E-state index in [9.17, 15) is 23.4 Å². The van der Waals surface area contributed by atoms with E-state index in [0.29, 0.717) is 30.5 Å². The highest BCUT2D eigenvalue weighted by molar-refractivity contribution is 7.89. The minimum Gasteiger partial charge on any atom is -0.490 e. The highest BCUT2D eigenvalue weighted by Crippen LogP contribution is 2.46. The number of sulfonamides is 1. The number of nitrogens with zero attached hydrogens (tertiary/aromatic N) is 1. The lowest BCUT2D eigenvalue weighted by Crippen LogP contribution is -2.49. The molecule has 41 heavy (non-hydrogen) atoms. The number of nitrogens with two attached hydrogens (primary N) is 1. The fourth-order valence-electron chi connectivity index (χ4n) is 6.69. The summed E-state index contributed by atoms with van der Waals surface area (Å²) < 4.78 is 29.9. The molecular weight excluding hydrogens is 564 g/mol. The van der Waals surface area contributed by atoms with Crippen molar-refractivity contribution in [2.75, 3.05) is 24.6 Å². The zero-order valence-corrected chi connectivity index (χ0v) is 25.1. The van der Waals surface area contributed by atoms with Gasteiger partial charge in [-0.1, -0.05) is 36.7 Å². The van der Waals surface area contributed by atoms with Crippen molar-refractivity contribution >= 4 is 33.3 Å². The van der Waals surface area contributed by atoms with Crippen molar-refractivity contribution in [3.8, 4) is 5.75 Å². The summed E-state index contributed by atoms with van der Waals surface area (Å²) in [5.41, 5.74) is 3.15. The van der Waals surface area contributed by atoms with Crippen LogP contribution in [-0.4, -0.2) is 55.7 Å². The zero-order chi connectivity index (χ0) is 29.5. The SMILES string of the molecule is C[C@H](/C=C/C(O)C1CCC1CN1CC2(CCCc3cc(Cl)ccc32)COc2ccc(C(=O)O)cc21)[C@@H](C)S(N)(=O)=O. The van der Waals surface area contributed by atoms with Gasteiger partial charge in [-0.05, 0) is 98.2 Å². The number of aliphatic hydroxyl groups excluding tert-OH is 1. The molecule has 4 N–H and O–H groups in total. The number of halogens is 1. The third-order valence-corrected chi connectivity index (χ3v) is 11.2. The van der Waals surface area contributed by atoms with Gasteiger partial charge in [0, 0.05) is 23.5 Å². The first-order chi connectivity index (χ1) is 19.4. The molecular formula is C31H39ClN2O6S. The van der Waals surface area contributed by atoms with Crippen LogP contribution in [0.1, 0.15) is 61.0 Å². The lowest BCUT2D eigenvalue weighted by molar-refractivity contribution is 0.0454. The summed E-state index contributed by atoms with van der Waals surface area (Å²) in [6.45, 7) is 5.13. The number of carbonyl (C=O) groups is 1. The second-order valence-electron chi connectivity index (χ2n) is 12.1. The minimum absolute atomic E-state index is 0.00640. The van der Waals surface area contributed by atoms with Gasteiger partial charge in [-0.15, -0.1) is 0 Å². The van der Waals surface area contributed by atoms with Crippen molar-refractivity contribution in [1.82, 2.24) is 0 Å². The first-order valence-electron chi connectivity index (χ1n) is 14.3. The number of primary sulfonamides is 1. The van der Waals surface area contributed by atoms with Crippen LogP contribution in [0, 0.1) is 17.8 Å². The molecule has 6 atom stereocenters. The molecule has 0 amide bonds. The number of carboxylic acids is 1. The Morgan fingerprint density at radius 3 is 2.68 bits per heavy atom. The topological polar surface area (TPSA) is 130 Å². The maximum absolute atomic E-state index is 11.9. The smallest absolute Gasteiger partial charge is 0.335 e. The van der Waals surface area contributed by atoms with Crippen molar-refractivity contribution in [2.24, 2.45) is 22.9 Å². The van der Waals surface area contributed by atoms with Crippen LogP contribution in [0.2, 0.25) is 5.02 Å². The molecule has 222 valence electrons. The van der Waals surface area contributed by atoms with Gasteiger partial charge in [0.25, 0.3) is 0 Å². The Hall–Kier alpha value is -2.59. The number of allylic oxidation sites excluding steroid dienone is 1. The van der Waals surface area contributed by atoms with Crippen LogP contribution >= 0.6 is 11.6 Å². The number of rotatable bonds is 8. The monoisotopic (exact) mass is 602 g/mol. The molecule has 3 aliphatic rings. The first-order valence-corrected chi connectivity index (χ1v) is 16.3. The number of benzene rings is 2. The Morgan fingerprint density at radius 1 is 1.22 bits per heavy atom. The van der Waals surface area contributed by atoms with E-state index >= 15 is 0 Å². The van der Waals surface area contributed by atoms with Gasteiger partial charge >= 0.3 is 5.97 Å². The molecule has 8 nitrogen and oxygen atoms in total. The van der Waals surface area contributed by atoms with E-state index in [-0.39, 0.29) is 28.7 Å². The maximum Gasteiger partial charge on any atom is 0.335 e. The molecule has 1 spiro atoms. The molecule has 5 rings (SSSR count). The average Bonchev–Trinajstić information content (AvgIpc) is 3.05. The summed E-state index contributed by atoms with van der Waals surface area (Å²) in [5.74, 6) is -0.483. The lowest BCUT2D eigenvalue weighted by atomic mass is 9.68. The van der Waals surface area contributed by atoms with E-state index in [0.717, 1.165) is 37.8 Å². The summed E-state index contributed by atoms with van der Waals surface area (Å²) in [4.78, 5) is 14.1. The van der Waals surface area contributed by atoms with Crippen LogP contribution in [0.4, 0.5) is 5.69 Å². The molecule has 1 aliphatic heterocycles. The van der Waals surface area contributed by atoms with E-state index in [4.69, 9.17) is 21.5 Å². The summed E-state index contributed by atoms with van der Waals surface area (Å²) in [6, 6.07) is 11.1. The average molecular weight is 603 g/mol. The second-order valence-corrected chi connectivity index (χ2v) is 14.5. The standard InChI is InChI=1S/C31H39ClN2O6S/c1-19(20(2)41(33,38)39)5-11-28(35)25-9-6-23(25)16-34-17-31(13-3-4-21-14-24(32)8-10-26(21)31)18-40-29-12-7-22(30(36)37)15-27(29)34/h5,7-8,10-12,14-15,19-20,23,25,28,35H,3-4,6,9,13,16-18H2,1-2H3,(H,36,37)(H2,33,38,39)/b11-5+/t19-,20-,23?,25?,28?,31?/m1/s1. The number of ether oxygens (including phenoxy) is 1. The number of hydrogen-bond donors (Lipinski definition) is 3. The molecule has 0 bridgehead atoms. The summed E-state index contributed by atoms with van der Waals surface area (Å²) in [6.07, 6.45) is 7.42. The predicted molar refractivity (Wildman–Crippen MR) is 160 cm³/mol. The fourth-order valence-corrected chi connectivity index (χ4v) is 7.57. The predicted octanol–water partition coefficient (Wildman–Crippen LogP) is 4.77. The number of aromatic carboxylic acids is 1. The molecule has 2 aliphatic carbocycles.